The molecular weight excluding hydrogens is 254 g/mol. The van der Waals surface area contributed by atoms with Crippen LogP contribution in [0.15, 0.2) is 9.95 Å². The van der Waals surface area contributed by atoms with E-state index in [4.69, 9.17) is 4.74 Å². The molecule has 6 nitrogen and oxygen atoms in total. The Hall–Kier alpha value is -1.24. The molecule has 1 aliphatic rings. The standard InChI is InChI=1S/C11H17N3O3S/c1-3-6-14-10(16)12-13-11(14)18-8(7-4-5-7)9(15)17-2/h7-8H,3-6H2,1-2H3,(H,12,16). The highest BCUT2D eigenvalue weighted by Gasteiger charge is 2.38. The number of esters is 1. The Morgan fingerprint density at radius 3 is 2.94 bits per heavy atom. The highest BCUT2D eigenvalue weighted by molar-refractivity contribution is 8.00. The van der Waals surface area contributed by atoms with Gasteiger partial charge in [-0.05, 0) is 25.2 Å². The van der Waals surface area contributed by atoms with Crippen LogP contribution in [0.1, 0.15) is 26.2 Å². The number of nitrogens with zero attached hydrogens (tertiary/aromatic N) is 2. The molecule has 0 bridgehead atoms. The monoisotopic (exact) mass is 271 g/mol. The van der Waals surface area contributed by atoms with Gasteiger partial charge < -0.3 is 4.74 Å². The number of rotatable bonds is 6. The summed E-state index contributed by atoms with van der Waals surface area (Å²) in [4.78, 5) is 23.3. The highest BCUT2D eigenvalue weighted by Crippen LogP contribution is 2.41. The smallest absolute Gasteiger partial charge is 0.343 e. The van der Waals surface area contributed by atoms with Crippen molar-refractivity contribution in [1.82, 2.24) is 14.8 Å². The number of hydrogen-bond acceptors (Lipinski definition) is 5. The Balaban J connectivity index is 2.16. The minimum absolute atomic E-state index is 0.223. The molecule has 0 amide bonds. The molecule has 1 aromatic heterocycles. The molecule has 1 fully saturated rings. The first-order valence-corrected chi connectivity index (χ1v) is 6.95. The van der Waals surface area contributed by atoms with Gasteiger partial charge in [-0.2, -0.15) is 0 Å². The molecule has 2 rings (SSSR count). The average molecular weight is 271 g/mol. The fourth-order valence-electron chi connectivity index (χ4n) is 1.78. The van der Waals surface area contributed by atoms with Crippen molar-refractivity contribution in [1.29, 1.82) is 0 Å². The lowest BCUT2D eigenvalue weighted by molar-refractivity contribution is -0.140. The Kier molecular flexibility index (Phi) is 4.11. The summed E-state index contributed by atoms with van der Waals surface area (Å²) in [6, 6.07) is 0. The van der Waals surface area contributed by atoms with E-state index in [9.17, 15) is 9.59 Å². The van der Waals surface area contributed by atoms with Gasteiger partial charge in [0.1, 0.15) is 5.25 Å². The van der Waals surface area contributed by atoms with Crippen LogP contribution in [-0.4, -0.2) is 33.1 Å². The first kappa shape index (κ1) is 13.2. The summed E-state index contributed by atoms with van der Waals surface area (Å²) in [6.45, 7) is 2.60. The molecule has 1 atom stereocenters. The molecule has 0 aromatic carbocycles. The number of aromatic nitrogens is 3. The normalized spacial score (nSPS) is 16.6. The lowest BCUT2D eigenvalue weighted by Gasteiger charge is -2.12. The SMILES string of the molecule is CCCn1c(SC(C(=O)OC)C2CC2)n[nH]c1=O. The molecule has 1 unspecified atom stereocenters. The van der Waals surface area contributed by atoms with Crippen molar-refractivity contribution < 1.29 is 9.53 Å². The van der Waals surface area contributed by atoms with Crippen LogP contribution in [0.2, 0.25) is 0 Å². The molecule has 100 valence electrons. The second-order valence-electron chi connectivity index (χ2n) is 4.36. The average Bonchev–Trinajstić information content (AvgIpc) is 3.15. The van der Waals surface area contributed by atoms with Crippen LogP contribution in [-0.2, 0) is 16.1 Å². The third-order valence-corrected chi connectivity index (χ3v) is 4.24. The first-order chi connectivity index (χ1) is 8.67. The van der Waals surface area contributed by atoms with Gasteiger partial charge in [-0.15, -0.1) is 5.10 Å². The zero-order chi connectivity index (χ0) is 13.1. The van der Waals surface area contributed by atoms with Gasteiger partial charge in [0.25, 0.3) is 0 Å². The molecule has 0 saturated heterocycles. The van der Waals surface area contributed by atoms with Crippen LogP contribution in [0.25, 0.3) is 0 Å². The third-order valence-electron chi connectivity index (χ3n) is 2.89. The first-order valence-electron chi connectivity index (χ1n) is 6.07. The van der Waals surface area contributed by atoms with Crippen molar-refractivity contribution >= 4 is 17.7 Å². The summed E-state index contributed by atoms with van der Waals surface area (Å²) in [6.07, 6.45) is 2.92. The van der Waals surface area contributed by atoms with Gasteiger partial charge in [-0.1, -0.05) is 18.7 Å². The number of ether oxygens (including phenoxy) is 1. The van der Waals surface area contributed by atoms with Crippen LogP contribution < -0.4 is 5.69 Å². The number of H-pyrrole nitrogens is 1. The van der Waals surface area contributed by atoms with E-state index in [0.29, 0.717) is 17.6 Å². The summed E-state index contributed by atoms with van der Waals surface area (Å²) in [5.74, 6) is 0.116. The molecule has 0 aliphatic heterocycles. The molecule has 0 radical (unpaired) electrons. The summed E-state index contributed by atoms with van der Waals surface area (Å²) in [5.41, 5.74) is -0.223. The van der Waals surface area contributed by atoms with E-state index in [1.54, 1.807) is 4.57 Å². The molecule has 1 heterocycles. The van der Waals surface area contributed by atoms with Crippen molar-refractivity contribution in [3.8, 4) is 0 Å². The van der Waals surface area contributed by atoms with Crippen LogP contribution in [0.4, 0.5) is 0 Å². The zero-order valence-electron chi connectivity index (χ0n) is 10.5. The number of nitrogens with one attached hydrogen (secondary N) is 1. The Morgan fingerprint density at radius 2 is 2.39 bits per heavy atom. The maximum Gasteiger partial charge on any atom is 0.343 e. The Labute approximate surface area is 109 Å². The third kappa shape index (κ3) is 2.77. The number of carbonyl (C=O) groups excluding carboxylic acids is 1. The van der Waals surface area contributed by atoms with E-state index >= 15 is 0 Å². The van der Waals surface area contributed by atoms with Crippen LogP contribution >= 0.6 is 11.8 Å². The van der Waals surface area contributed by atoms with Crippen molar-refractivity contribution in [2.45, 2.75) is 43.1 Å². The molecule has 7 heteroatoms. The Morgan fingerprint density at radius 1 is 1.67 bits per heavy atom. The molecule has 0 spiro atoms. The lowest BCUT2D eigenvalue weighted by atomic mass is 10.3. The van der Waals surface area contributed by atoms with Crippen LogP contribution in [0.5, 0.6) is 0 Å². The van der Waals surface area contributed by atoms with E-state index in [0.717, 1.165) is 19.3 Å². The second-order valence-corrected chi connectivity index (χ2v) is 5.47. The molecule has 1 aromatic rings. The van der Waals surface area contributed by atoms with Crippen LogP contribution in [0.3, 0.4) is 0 Å². The van der Waals surface area contributed by atoms with E-state index in [-0.39, 0.29) is 16.9 Å². The predicted molar refractivity (Wildman–Crippen MR) is 67.5 cm³/mol. The lowest BCUT2D eigenvalue weighted by Crippen LogP contribution is -2.23. The van der Waals surface area contributed by atoms with Gasteiger partial charge in [0.15, 0.2) is 5.16 Å². The minimum Gasteiger partial charge on any atom is -0.468 e. The van der Waals surface area contributed by atoms with Crippen molar-refractivity contribution in [3.05, 3.63) is 10.5 Å². The van der Waals surface area contributed by atoms with Crippen molar-refractivity contribution in [3.63, 3.8) is 0 Å². The zero-order valence-corrected chi connectivity index (χ0v) is 11.3. The number of hydrogen-bond donors (Lipinski definition) is 1. The van der Waals surface area contributed by atoms with Crippen molar-refractivity contribution in [2.75, 3.05) is 7.11 Å². The molecule has 18 heavy (non-hydrogen) atoms. The predicted octanol–water partition coefficient (Wildman–Crippen LogP) is 1.03. The summed E-state index contributed by atoms with van der Waals surface area (Å²) in [5, 5.41) is 6.73. The molecular formula is C11H17N3O3S. The topological polar surface area (TPSA) is 77.0 Å². The summed E-state index contributed by atoms with van der Waals surface area (Å²) >= 11 is 1.33. The minimum atomic E-state index is -0.249. The quantitative estimate of drug-likeness (QED) is 0.617. The van der Waals surface area contributed by atoms with Gasteiger partial charge in [-0.3, -0.25) is 9.36 Å². The van der Waals surface area contributed by atoms with E-state index < -0.39 is 0 Å². The highest BCUT2D eigenvalue weighted by atomic mass is 32.2. The van der Waals surface area contributed by atoms with Crippen molar-refractivity contribution in [2.24, 2.45) is 5.92 Å². The largest absolute Gasteiger partial charge is 0.468 e. The number of carbonyl (C=O) groups is 1. The fourth-order valence-corrected chi connectivity index (χ4v) is 3.06. The van der Waals surface area contributed by atoms with Gasteiger partial charge in [0, 0.05) is 6.54 Å². The fraction of sp³-hybridized carbons (Fsp3) is 0.727. The molecule has 1 saturated carbocycles. The number of aromatic amines is 1. The molecule has 1 aliphatic carbocycles. The van der Waals surface area contributed by atoms with Crippen LogP contribution in [0, 0.1) is 5.92 Å². The number of methoxy groups -OCH3 is 1. The Bertz CT molecular complexity index is 478. The maximum absolute atomic E-state index is 11.7. The number of thioether (sulfide) groups is 1. The van der Waals surface area contributed by atoms with Gasteiger partial charge in [0.2, 0.25) is 0 Å². The summed E-state index contributed by atoms with van der Waals surface area (Å²) in [7, 11) is 1.39. The van der Waals surface area contributed by atoms with Gasteiger partial charge in [0.05, 0.1) is 7.11 Å². The van der Waals surface area contributed by atoms with E-state index in [2.05, 4.69) is 10.2 Å². The van der Waals surface area contributed by atoms with E-state index in [1.807, 2.05) is 6.92 Å². The maximum atomic E-state index is 11.7. The molecule has 1 N–H and O–H groups in total. The van der Waals surface area contributed by atoms with Gasteiger partial charge >= 0.3 is 11.7 Å². The summed E-state index contributed by atoms with van der Waals surface area (Å²) < 4.78 is 6.38. The van der Waals surface area contributed by atoms with Gasteiger partial charge in [-0.25, -0.2) is 9.89 Å². The second kappa shape index (κ2) is 5.60. The van der Waals surface area contributed by atoms with E-state index in [1.165, 1.54) is 18.9 Å².